The Balaban J connectivity index is 2.00. The molecule has 1 atom stereocenters. The van der Waals surface area contributed by atoms with Crippen molar-refractivity contribution in [1.82, 2.24) is 10.2 Å². The number of hydrogen-bond acceptors (Lipinski definition) is 4. The molecule has 0 bridgehead atoms. The lowest BCUT2D eigenvalue weighted by molar-refractivity contribution is -0.139. The van der Waals surface area contributed by atoms with Gasteiger partial charge in [0.05, 0.1) is 10.6 Å². The molecule has 2 amide bonds. The quantitative estimate of drug-likeness (QED) is 0.335. The third kappa shape index (κ3) is 7.41. The summed E-state index contributed by atoms with van der Waals surface area (Å²) < 4.78 is 43.7. The highest BCUT2D eigenvalue weighted by Gasteiger charge is 2.33. The number of halogens is 2. The van der Waals surface area contributed by atoms with Crippen molar-refractivity contribution in [3.8, 4) is 0 Å². The summed E-state index contributed by atoms with van der Waals surface area (Å²) in [7, 11) is -4.31. The number of benzene rings is 3. The average Bonchev–Trinajstić information content (AvgIpc) is 2.90. The maximum Gasteiger partial charge on any atom is 0.264 e. The Morgan fingerprint density at radius 3 is 2.13 bits per heavy atom. The maximum atomic E-state index is 14.9. The van der Waals surface area contributed by atoms with Crippen molar-refractivity contribution in [3.63, 3.8) is 0 Å². The molecule has 202 valence electrons. The lowest BCUT2D eigenvalue weighted by atomic mass is 10.1. The Bertz CT molecular complexity index is 1350. The minimum absolute atomic E-state index is 0.0544. The summed E-state index contributed by atoms with van der Waals surface area (Å²) in [6.07, 6.45) is 0. The van der Waals surface area contributed by atoms with Gasteiger partial charge in [0, 0.05) is 17.6 Å². The van der Waals surface area contributed by atoms with Gasteiger partial charge in [0.25, 0.3) is 10.0 Å². The summed E-state index contributed by atoms with van der Waals surface area (Å²) in [5, 5.41) is 2.83. The lowest BCUT2D eigenvalue weighted by Gasteiger charge is -2.32. The summed E-state index contributed by atoms with van der Waals surface area (Å²) in [6.45, 7) is 5.28. The number of para-hydroxylation sites is 1. The summed E-state index contributed by atoms with van der Waals surface area (Å²) in [6, 6.07) is 19.2. The highest BCUT2D eigenvalue weighted by molar-refractivity contribution is 9.10. The lowest BCUT2D eigenvalue weighted by Crippen LogP contribution is -2.51. The molecule has 0 spiro atoms. The number of anilines is 1. The van der Waals surface area contributed by atoms with Crippen molar-refractivity contribution in [3.05, 3.63) is 94.7 Å². The van der Waals surface area contributed by atoms with Crippen molar-refractivity contribution < 1.29 is 22.4 Å². The summed E-state index contributed by atoms with van der Waals surface area (Å²) in [5.74, 6) is -1.60. The van der Waals surface area contributed by atoms with E-state index in [2.05, 4.69) is 21.2 Å². The van der Waals surface area contributed by atoms with E-state index in [1.807, 2.05) is 26.0 Å². The number of hydrogen-bond donors (Lipinski definition) is 1. The van der Waals surface area contributed by atoms with Crippen LogP contribution in [0.2, 0.25) is 0 Å². The van der Waals surface area contributed by atoms with E-state index in [-0.39, 0.29) is 29.0 Å². The van der Waals surface area contributed by atoms with Crippen LogP contribution in [0.4, 0.5) is 10.1 Å². The van der Waals surface area contributed by atoms with Gasteiger partial charge in [-0.3, -0.25) is 13.9 Å². The Hall–Kier alpha value is -3.24. The molecule has 0 aliphatic heterocycles. The molecule has 0 saturated carbocycles. The van der Waals surface area contributed by atoms with Crippen LogP contribution >= 0.6 is 15.9 Å². The van der Waals surface area contributed by atoms with Crippen molar-refractivity contribution in [2.75, 3.05) is 17.4 Å². The fraction of sp³-hybridized carbons (Fsp3) is 0.286. The Kier molecular flexibility index (Phi) is 10.0. The molecule has 38 heavy (non-hydrogen) atoms. The maximum absolute atomic E-state index is 14.9. The number of carbonyl (C=O) groups excluding carboxylic acids is 2. The molecule has 7 nitrogen and oxygen atoms in total. The summed E-state index contributed by atoms with van der Waals surface area (Å²) >= 11 is 3.38. The van der Waals surface area contributed by atoms with Crippen LogP contribution < -0.4 is 9.62 Å². The molecule has 3 aromatic rings. The van der Waals surface area contributed by atoms with Gasteiger partial charge in [-0.2, -0.15) is 0 Å². The van der Waals surface area contributed by atoms with Crippen molar-refractivity contribution in [1.29, 1.82) is 0 Å². The zero-order valence-corrected chi connectivity index (χ0v) is 23.9. The monoisotopic (exact) mass is 603 g/mol. The standard InChI is InChI=1S/C28H31BrFN3O4S/c1-20(2)17-31-28(35)21(3)32(18-22-13-15-23(29)16-14-22)27(34)19-33(26-12-8-7-11-25(26)30)38(36,37)24-9-5-4-6-10-24/h4-16,20-21H,17-19H2,1-3H3,(H,31,35). The molecule has 0 aliphatic carbocycles. The molecule has 0 radical (unpaired) electrons. The Morgan fingerprint density at radius 2 is 1.53 bits per heavy atom. The normalized spacial score (nSPS) is 12.2. The smallest absolute Gasteiger partial charge is 0.264 e. The number of amides is 2. The predicted octanol–water partition coefficient (Wildman–Crippen LogP) is 4.97. The Labute approximate surface area is 231 Å². The first-order chi connectivity index (χ1) is 18.0. The second kappa shape index (κ2) is 13.0. The van der Waals surface area contributed by atoms with E-state index in [4.69, 9.17) is 0 Å². The number of sulfonamides is 1. The third-order valence-electron chi connectivity index (χ3n) is 5.85. The van der Waals surface area contributed by atoms with E-state index < -0.39 is 34.3 Å². The molecular formula is C28H31BrFN3O4S. The molecule has 0 aliphatic rings. The van der Waals surface area contributed by atoms with E-state index in [9.17, 15) is 22.4 Å². The van der Waals surface area contributed by atoms with Crippen LogP contribution in [0.5, 0.6) is 0 Å². The van der Waals surface area contributed by atoms with Crippen molar-refractivity contribution >= 4 is 43.5 Å². The topological polar surface area (TPSA) is 86.8 Å². The van der Waals surface area contributed by atoms with Crippen molar-refractivity contribution in [2.24, 2.45) is 5.92 Å². The molecule has 0 heterocycles. The minimum Gasteiger partial charge on any atom is -0.354 e. The Morgan fingerprint density at radius 1 is 0.921 bits per heavy atom. The molecule has 0 fully saturated rings. The van der Waals surface area contributed by atoms with E-state index in [1.165, 1.54) is 35.2 Å². The van der Waals surface area contributed by atoms with Crippen molar-refractivity contribution in [2.45, 2.75) is 38.3 Å². The number of nitrogens with zero attached hydrogens (tertiary/aromatic N) is 2. The van der Waals surface area contributed by atoms with E-state index in [0.29, 0.717) is 6.54 Å². The van der Waals surface area contributed by atoms with E-state index in [0.717, 1.165) is 20.4 Å². The van der Waals surface area contributed by atoms with E-state index in [1.54, 1.807) is 37.3 Å². The van der Waals surface area contributed by atoms with Gasteiger partial charge in [-0.25, -0.2) is 12.8 Å². The zero-order chi connectivity index (χ0) is 27.9. The van der Waals surface area contributed by atoms with Gasteiger partial charge in [-0.05, 0) is 54.8 Å². The molecule has 3 rings (SSSR count). The second-order valence-corrected chi connectivity index (χ2v) is 12.0. The summed E-state index contributed by atoms with van der Waals surface area (Å²) in [4.78, 5) is 28.0. The first-order valence-corrected chi connectivity index (χ1v) is 14.4. The van der Waals surface area contributed by atoms with Crippen LogP contribution in [0.15, 0.2) is 88.2 Å². The van der Waals surface area contributed by atoms with Gasteiger partial charge >= 0.3 is 0 Å². The number of rotatable bonds is 11. The molecular weight excluding hydrogens is 573 g/mol. The van der Waals surface area contributed by atoms with Crippen LogP contribution in [0.1, 0.15) is 26.3 Å². The second-order valence-electron chi connectivity index (χ2n) is 9.24. The van der Waals surface area contributed by atoms with E-state index >= 15 is 0 Å². The van der Waals surface area contributed by atoms with Crippen LogP contribution in [0, 0.1) is 11.7 Å². The van der Waals surface area contributed by atoms with Crippen LogP contribution in [0.25, 0.3) is 0 Å². The fourth-order valence-electron chi connectivity index (χ4n) is 3.71. The van der Waals surface area contributed by atoms with Gasteiger partial charge in [-0.15, -0.1) is 0 Å². The number of carbonyl (C=O) groups is 2. The molecule has 10 heteroatoms. The predicted molar refractivity (Wildman–Crippen MR) is 149 cm³/mol. The molecule has 1 N–H and O–H groups in total. The minimum atomic E-state index is -4.31. The first kappa shape index (κ1) is 29.3. The highest BCUT2D eigenvalue weighted by atomic mass is 79.9. The first-order valence-electron chi connectivity index (χ1n) is 12.1. The van der Waals surface area contributed by atoms with Crippen LogP contribution in [-0.4, -0.2) is 44.3 Å². The van der Waals surface area contributed by atoms with Crippen LogP contribution in [-0.2, 0) is 26.2 Å². The zero-order valence-electron chi connectivity index (χ0n) is 21.5. The summed E-state index contributed by atoms with van der Waals surface area (Å²) in [5.41, 5.74) is 0.485. The molecule has 0 saturated heterocycles. The SMILES string of the molecule is CC(C)CNC(=O)C(C)N(Cc1ccc(Br)cc1)C(=O)CN(c1ccccc1F)S(=O)(=O)c1ccccc1. The number of nitrogens with one attached hydrogen (secondary N) is 1. The molecule has 1 unspecified atom stereocenters. The fourth-order valence-corrected chi connectivity index (χ4v) is 5.42. The van der Waals surface area contributed by atoms with Crippen LogP contribution in [0.3, 0.4) is 0 Å². The average molecular weight is 605 g/mol. The third-order valence-corrected chi connectivity index (χ3v) is 8.15. The molecule has 0 aromatic heterocycles. The molecule has 3 aromatic carbocycles. The van der Waals surface area contributed by atoms with Gasteiger partial charge in [-0.1, -0.05) is 72.2 Å². The van der Waals surface area contributed by atoms with Gasteiger partial charge in [0.2, 0.25) is 11.8 Å². The largest absolute Gasteiger partial charge is 0.354 e. The highest BCUT2D eigenvalue weighted by Crippen LogP contribution is 2.27. The van der Waals surface area contributed by atoms with Gasteiger partial charge in [0.15, 0.2) is 0 Å². The van der Waals surface area contributed by atoms with Gasteiger partial charge < -0.3 is 10.2 Å². The van der Waals surface area contributed by atoms with Gasteiger partial charge in [0.1, 0.15) is 18.4 Å².